The number of carbonyl (C=O) groups is 2. The van der Waals surface area contributed by atoms with Crippen LogP contribution in [0.5, 0.6) is 0 Å². The van der Waals surface area contributed by atoms with Gasteiger partial charge in [0.05, 0.1) is 0 Å². The third-order valence-corrected chi connectivity index (χ3v) is 0.805. The van der Waals surface area contributed by atoms with Gasteiger partial charge in [0.15, 0.2) is 12.2 Å². The van der Waals surface area contributed by atoms with Crippen molar-refractivity contribution in [3.05, 3.63) is 0 Å². The molecule has 0 aliphatic heterocycles. The summed E-state index contributed by atoms with van der Waals surface area (Å²) in [6, 6.07) is 0. The monoisotopic (exact) mass is 402 g/mol. The van der Waals surface area contributed by atoms with Crippen LogP contribution in [-0.2, 0) is 9.59 Å². The van der Waals surface area contributed by atoms with Crippen LogP contribution < -0.4 is 0 Å². The number of hydrogen-bond donors (Lipinski definition) is 4. The molecule has 0 amide bonds. The van der Waals surface area contributed by atoms with Crippen LogP contribution in [0.3, 0.4) is 0 Å². The van der Waals surface area contributed by atoms with E-state index in [1.54, 1.807) is 0 Å². The van der Waals surface area contributed by atoms with Crippen LogP contribution in [0.15, 0.2) is 0 Å². The van der Waals surface area contributed by atoms with Gasteiger partial charge < -0.3 is 20.4 Å². The summed E-state index contributed by atoms with van der Waals surface area (Å²) in [5.41, 5.74) is 0. The first-order valence-electron chi connectivity index (χ1n) is 2.28. The van der Waals surface area contributed by atoms with Crippen molar-refractivity contribution in [1.82, 2.24) is 0 Å². The molecule has 2 atom stereocenters. The number of aliphatic hydroxyl groups excluding tert-OH is 2. The van der Waals surface area contributed by atoms with E-state index >= 15 is 0 Å². The number of hydrogen-bond acceptors (Lipinski definition) is 4. The summed E-state index contributed by atoms with van der Waals surface area (Å²) in [4.78, 5) is 19.5. The van der Waals surface area contributed by atoms with Gasteiger partial charge in [-0.15, -0.1) is 0 Å². The van der Waals surface area contributed by atoms with Crippen molar-refractivity contribution >= 4 is 89.5 Å². The van der Waals surface area contributed by atoms with Crippen molar-refractivity contribution in [2.75, 3.05) is 0 Å². The van der Waals surface area contributed by atoms with Crippen LogP contribution in [-0.4, -0.2) is 122 Å². The average Bonchev–Trinajstić information content (AvgIpc) is 1.84. The SMILES string of the molecule is O=C(O)C(O)C(O)C(=O)O.[BiH3].[KH]. The molecule has 12 heavy (non-hydrogen) atoms. The van der Waals surface area contributed by atoms with E-state index in [0.29, 0.717) is 0 Å². The molecule has 0 aromatic carbocycles. The molecule has 0 heterocycles. The number of rotatable bonds is 3. The first kappa shape index (κ1) is 19.0. The Morgan fingerprint density at radius 1 is 0.917 bits per heavy atom. The summed E-state index contributed by atoms with van der Waals surface area (Å²) >= 11 is 0. The molecule has 0 saturated heterocycles. The van der Waals surface area contributed by atoms with Crippen LogP contribution in [0, 0.1) is 0 Å². The maximum absolute atomic E-state index is 9.77. The molecule has 68 valence electrons. The molecule has 0 saturated carbocycles. The number of aliphatic hydroxyl groups is 2. The predicted molar refractivity (Wildman–Crippen MR) is 44.4 cm³/mol. The number of aliphatic carboxylic acids is 2. The fraction of sp³-hybridized carbons (Fsp3) is 0.500. The molecule has 0 spiro atoms. The van der Waals surface area contributed by atoms with E-state index in [1.807, 2.05) is 0 Å². The third kappa shape index (κ3) is 6.85. The van der Waals surface area contributed by atoms with Gasteiger partial charge in [0, 0.05) is 0 Å². The second-order valence-corrected chi connectivity index (χ2v) is 1.57. The first-order chi connectivity index (χ1) is 4.46. The van der Waals surface area contributed by atoms with Crippen LogP contribution in [0.25, 0.3) is 0 Å². The summed E-state index contributed by atoms with van der Waals surface area (Å²) in [6.07, 6.45) is -4.53. The van der Waals surface area contributed by atoms with Crippen LogP contribution >= 0.6 is 0 Å². The molecule has 2 unspecified atom stereocenters. The molecule has 0 aliphatic carbocycles. The van der Waals surface area contributed by atoms with Crippen molar-refractivity contribution < 1.29 is 30.0 Å². The van der Waals surface area contributed by atoms with E-state index in [0.717, 1.165) is 0 Å². The Hall–Kier alpha value is 1.38. The second-order valence-electron chi connectivity index (χ2n) is 1.57. The molecule has 0 rings (SSSR count). The fourth-order valence-electron chi connectivity index (χ4n) is 0.270. The number of carboxylic acid groups (broad SMARTS) is 2. The maximum atomic E-state index is 9.77. The molecule has 0 aromatic rings. The zero-order valence-corrected chi connectivity index (χ0v) is 11.0. The third-order valence-electron chi connectivity index (χ3n) is 0.805. The Balaban J connectivity index is -0.000000405. The van der Waals surface area contributed by atoms with E-state index in [-0.39, 0.29) is 77.6 Å². The Bertz CT molecular complexity index is 144. The minimum absolute atomic E-state index is 0. The molecular weight excluding hydrogens is 392 g/mol. The van der Waals surface area contributed by atoms with E-state index in [4.69, 9.17) is 20.4 Å². The van der Waals surface area contributed by atoms with Gasteiger partial charge in [-0.25, -0.2) is 9.59 Å². The Labute approximate surface area is 130 Å². The van der Waals surface area contributed by atoms with Crippen LogP contribution in [0.4, 0.5) is 0 Å². The molecule has 8 heteroatoms. The van der Waals surface area contributed by atoms with Gasteiger partial charge in [-0.1, -0.05) is 0 Å². The van der Waals surface area contributed by atoms with Crippen molar-refractivity contribution in [2.24, 2.45) is 0 Å². The van der Waals surface area contributed by atoms with Crippen LogP contribution in [0.2, 0.25) is 0 Å². The second kappa shape index (κ2) is 8.96. The van der Waals surface area contributed by atoms with Crippen molar-refractivity contribution in [2.45, 2.75) is 12.2 Å². The van der Waals surface area contributed by atoms with Gasteiger partial charge in [0.25, 0.3) is 0 Å². The summed E-state index contributed by atoms with van der Waals surface area (Å²) in [5, 5.41) is 32.5. The molecule has 0 aliphatic rings. The fourth-order valence-corrected chi connectivity index (χ4v) is 0.270. The molecular formula is C4H10BiKO6. The molecule has 0 bridgehead atoms. The zero-order chi connectivity index (χ0) is 8.31. The average molecular weight is 402 g/mol. The topological polar surface area (TPSA) is 115 Å². The van der Waals surface area contributed by atoms with Crippen LogP contribution in [0.1, 0.15) is 0 Å². The minimum atomic E-state index is -2.27. The molecule has 0 fully saturated rings. The van der Waals surface area contributed by atoms with E-state index < -0.39 is 24.1 Å². The van der Waals surface area contributed by atoms with E-state index in [9.17, 15) is 9.59 Å². The standard InChI is InChI=1S/C4H6O6.Bi.K.4H/c5-1(3(7)8)2(6)4(9)10;;;;;;/h1-2,5-6H,(H,7,8)(H,9,10);;;;;;. The van der Waals surface area contributed by atoms with Gasteiger partial charge in [-0.2, -0.15) is 0 Å². The number of carboxylic acids is 2. The molecule has 0 radical (unpaired) electrons. The summed E-state index contributed by atoms with van der Waals surface area (Å²) in [6.45, 7) is 0. The molecule has 0 aromatic heterocycles. The summed E-state index contributed by atoms with van der Waals surface area (Å²) in [5.74, 6) is -3.54. The van der Waals surface area contributed by atoms with E-state index in [2.05, 4.69) is 0 Å². The molecule has 4 N–H and O–H groups in total. The Kier molecular flexibility index (Phi) is 14.2. The Morgan fingerprint density at radius 2 is 1.08 bits per heavy atom. The summed E-state index contributed by atoms with van der Waals surface area (Å²) < 4.78 is 0. The molecule has 6 nitrogen and oxygen atoms in total. The van der Waals surface area contributed by atoms with Crippen molar-refractivity contribution in [3.8, 4) is 0 Å². The summed E-state index contributed by atoms with van der Waals surface area (Å²) in [7, 11) is 0. The van der Waals surface area contributed by atoms with Gasteiger partial charge in [0.1, 0.15) is 0 Å². The van der Waals surface area contributed by atoms with Gasteiger partial charge >= 0.3 is 89.5 Å². The zero-order valence-electron chi connectivity index (χ0n) is 5.47. The normalized spacial score (nSPS) is 13.2. The predicted octanol–water partition coefficient (Wildman–Crippen LogP) is -3.95. The van der Waals surface area contributed by atoms with Crippen molar-refractivity contribution in [1.29, 1.82) is 0 Å². The Morgan fingerprint density at radius 3 is 1.17 bits per heavy atom. The van der Waals surface area contributed by atoms with Crippen molar-refractivity contribution in [3.63, 3.8) is 0 Å². The van der Waals surface area contributed by atoms with Gasteiger partial charge in [-0.05, 0) is 0 Å². The first-order valence-corrected chi connectivity index (χ1v) is 2.28. The van der Waals surface area contributed by atoms with E-state index in [1.165, 1.54) is 0 Å². The van der Waals surface area contributed by atoms with Gasteiger partial charge in [0.2, 0.25) is 0 Å². The quantitative estimate of drug-likeness (QED) is 0.359. The van der Waals surface area contributed by atoms with Gasteiger partial charge in [-0.3, -0.25) is 0 Å².